The molecule has 0 amide bonds. The van der Waals surface area contributed by atoms with Crippen LogP contribution in [0.2, 0.25) is 0 Å². The van der Waals surface area contributed by atoms with Gasteiger partial charge in [-0.05, 0) is 78.9 Å². The molecule has 0 saturated heterocycles. The van der Waals surface area contributed by atoms with Crippen LogP contribution in [0.15, 0.2) is 0 Å². The van der Waals surface area contributed by atoms with Gasteiger partial charge in [-0.1, -0.05) is 54.9 Å². The fourth-order valence-electron chi connectivity index (χ4n) is 6.27. The van der Waals surface area contributed by atoms with Crippen LogP contribution in [0.25, 0.3) is 0 Å². The molecule has 2 nitrogen and oxygen atoms in total. The first-order valence-electron chi connectivity index (χ1n) is 10.9. The molecular weight excluding hydrogens is 308 g/mol. The highest BCUT2D eigenvalue weighted by Crippen LogP contribution is 2.50. The van der Waals surface area contributed by atoms with Crippen molar-refractivity contribution in [1.82, 2.24) is 0 Å². The Morgan fingerprint density at radius 3 is 1.88 bits per heavy atom. The first-order valence-corrected chi connectivity index (χ1v) is 10.9. The molecule has 9 unspecified atom stereocenters. The van der Waals surface area contributed by atoms with Crippen molar-refractivity contribution in [2.45, 2.75) is 99.2 Å². The van der Waals surface area contributed by atoms with E-state index in [1.165, 1.54) is 0 Å². The average Bonchev–Trinajstić information content (AvgIpc) is 2.50. The lowest BCUT2D eigenvalue weighted by atomic mass is 9.57. The molecule has 0 aromatic rings. The van der Waals surface area contributed by atoms with E-state index in [2.05, 4.69) is 48.5 Å². The zero-order valence-corrected chi connectivity index (χ0v) is 17.8. The number of hydrogen-bond donors (Lipinski definition) is 2. The van der Waals surface area contributed by atoms with E-state index in [1.807, 2.05) is 0 Å². The van der Waals surface area contributed by atoms with E-state index in [-0.39, 0.29) is 17.6 Å². The molecule has 0 bridgehead atoms. The molecule has 0 aromatic heterocycles. The third kappa shape index (κ3) is 4.80. The van der Waals surface area contributed by atoms with Gasteiger partial charge in [-0.3, -0.25) is 0 Å². The van der Waals surface area contributed by atoms with E-state index in [4.69, 9.17) is 0 Å². The van der Waals surface area contributed by atoms with Gasteiger partial charge in [-0.25, -0.2) is 0 Å². The van der Waals surface area contributed by atoms with E-state index in [0.717, 1.165) is 38.5 Å². The third-order valence-electron chi connectivity index (χ3n) is 7.49. The van der Waals surface area contributed by atoms with Gasteiger partial charge >= 0.3 is 0 Å². The summed E-state index contributed by atoms with van der Waals surface area (Å²) in [5, 5.41) is 22.3. The number of hydrogen-bond acceptors (Lipinski definition) is 2. The maximum absolute atomic E-state index is 11.3. The van der Waals surface area contributed by atoms with E-state index >= 15 is 0 Å². The SMILES string of the molecule is CCCC(C1CC(C)CC(C)C1O)C1CC(C)CC(C(C)(C)C)C1O. The Morgan fingerprint density at radius 2 is 1.36 bits per heavy atom. The van der Waals surface area contributed by atoms with E-state index < -0.39 is 0 Å². The lowest BCUT2D eigenvalue weighted by Gasteiger charge is -2.50. The molecule has 0 radical (unpaired) electrons. The lowest BCUT2D eigenvalue weighted by molar-refractivity contribution is -0.103. The second-order valence-electron chi connectivity index (χ2n) is 10.9. The van der Waals surface area contributed by atoms with Gasteiger partial charge in [-0.15, -0.1) is 0 Å². The summed E-state index contributed by atoms with van der Waals surface area (Å²) in [6.07, 6.45) is 6.43. The zero-order valence-electron chi connectivity index (χ0n) is 17.8. The molecule has 25 heavy (non-hydrogen) atoms. The fraction of sp³-hybridized carbons (Fsp3) is 1.00. The molecule has 9 atom stereocenters. The molecule has 2 heteroatoms. The Morgan fingerprint density at radius 1 is 0.840 bits per heavy atom. The smallest absolute Gasteiger partial charge is 0.0604 e. The largest absolute Gasteiger partial charge is 0.393 e. The summed E-state index contributed by atoms with van der Waals surface area (Å²) in [7, 11) is 0. The molecule has 0 heterocycles. The van der Waals surface area contributed by atoms with Crippen LogP contribution in [0.1, 0.15) is 87.0 Å². The minimum atomic E-state index is -0.215. The lowest BCUT2D eigenvalue weighted by Crippen LogP contribution is -2.50. The topological polar surface area (TPSA) is 40.5 Å². The van der Waals surface area contributed by atoms with Gasteiger partial charge < -0.3 is 10.2 Å². The predicted molar refractivity (Wildman–Crippen MR) is 106 cm³/mol. The summed E-state index contributed by atoms with van der Waals surface area (Å²) in [4.78, 5) is 0. The molecule has 0 spiro atoms. The number of aliphatic hydroxyl groups excluding tert-OH is 2. The number of aliphatic hydroxyl groups is 2. The summed E-state index contributed by atoms with van der Waals surface area (Å²) in [6, 6.07) is 0. The summed E-state index contributed by atoms with van der Waals surface area (Å²) in [5.74, 6) is 3.31. The van der Waals surface area contributed by atoms with Gasteiger partial charge in [0.25, 0.3) is 0 Å². The standard InChI is InChI=1S/C23H44O2/c1-8-9-17(18-11-14(2)10-16(4)21(18)24)19-12-15(3)13-20(22(19)25)23(5,6)7/h14-22,24-25H,8-13H2,1-7H3. The maximum atomic E-state index is 11.3. The summed E-state index contributed by atoms with van der Waals surface area (Å²) in [5.41, 5.74) is 0.148. The molecule has 2 fully saturated rings. The van der Waals surface area contributed by atoms with Crippen molar-refractivity contribution < 1.29 is 10.2 Å². The van der Waals surface area contributed by atoms with Gasteiger partial charge in [0, 0.05) is 0 Å². The van der Waals surface area contributed by atoms with E-state index in [9.17, 15) is 10.2 Å². The first-order chi connectivity index (χ1) is 11.6. The van der Waals surface area contributed by atoms with Gasteiger partial charge in [0.15, 0.2) is 0 Å². The Labute approximate surface area is 156 Å². The van der Waals surface area contributed by atoms with Crippen molar-refractivity contribution in [3.8, 4) is 0 Å². The molecule has 2 rings (SSSR count). The van der Waals surface area contributed by atoms with Crippen LogP contribution in [-0.4, -0.2) is 22.4 Å². The van der Waals surface area contributed by atoms with Gasteiger partial charge in [-0.2, -0.15) is 0 Å². The second-order valence-corrected chi connectivity index (χ2v) is 10.9. The Kier molecular flexibility index (Phi) is 7.04. The van der Waals surface area contributed by atoms with E-state index in [1.54, 1.807) is 0 Å². The minimum Gasteiger partial charge on any atom is -0.393 e. The van der Waals surface area contributed by atoms with Crippen LogP contribution in [-0.2, 0) is 0 Å². The predicted octanol–water partition coefficient (Wildman–Crippen LogP) is 5.52. The first kappa shape index (κ1) is 21.2. The zero-order chi connectivity index (χ0) is 18.9. The summed E-state index contributed by atoms with van der Waals surface area (Å²) < 4.78 is 0. The van der Waals surface area contributed by atoms with Crippen molar-refractivity contribution in [2.75, 3.05) is 0 Å². The molecule has 2 aliphatic rings. The van der Waals surface area contributed by atoms with Crippen LogP contribution in [0.4, 0.5) is 0 Å². The van der Waals surface area contributed by atoms with Crippen LogP contribution in [0.5, 0.6) is 0 Å². The van der Waals surface area contributed by atoms with Gasteiger partial charge in [0.05, 0.1) is 12.2 Å². The maximum Gasteiger partial charge on any atom is 0.0604 e. The van der Waals surface area contributed by atoms with Crippen molar-refractivity contribution in [2.24, 2.45) is 46.8 Å². The molecule has 0 aliphatic heterocycles. The van der Waals surface area contributed by atoms with Crippen LogP contribution in [0, 0.1) is 46.8 Å². The van der Waals surface area contributed by atoms with Gasteiger partial charge in [0.2, 0.25) is 0 Å². The Hall–Kier alpha value is -0.0800. The molecule has 2 aliphatic carbocycles. The normalized spacial score (nSPS) is 44.5. The third-order valence-corrected chi connectivity index (χ3v) is 7.49. The molecular formula is C23H44O2. The fourth-order valence-corrected chi connectivity index (χ4v) is 6.27. The molecule has 2 N–H and O–H groups in total. The van der Waals surface area contributed by atoms with Crippen molar-refractivity contribution >= 4 is 0 Å². The highest BCUT2D eigenvalue weighted by Gasteiger charge is 2.47. The number of rotatable bonds is 4. The quantitative estimate of drug-likeness (QED) is 0.700. The average molecular weight is 353 g/mol. The highest BCUT2D eigenvalue weighted by molar-refractivity contribution is 4.97. The van der Waals surface area contributed by atoms with Crippen LogP contribution < -0.4 is 0 Å². The summed E-state index contributed by atoms with van der Waals surface area (Å²) >= 11 is 0. The van der Waals surface area contributed by atoms with E-state index in [0.29, 0.717) is 41.4 Å². The molecule has 2 saturated carbocycles. The minimum absolute atomic E-state index is 0.148. The van der Waals surface area contributed by atoms with Crippen molar-refractivity contribution in [3.05, 3.63) is 0 Å². The molecule has 0 aromatic carbocycles. The van der Waals surface area contributed by atoms with Crippen LogP contribution >= 0.6 is 0 Å². The van der Waals surface area contributed by atoms with Crippen molar-refractivity contribution in [1.29, 1.82) is 0 Å². The van der Waals surface area contributed by atoms with Crippen LogP contribution in [0.3, 0.4) is 0 Å². The van der Waals surface area contributed by atoms with Crippen molar-refractivity contribution in [3.63, 3.8) is 0 Å². The second kappa shape index (κ2) is 8.30. The highest BCUT2D eigenvalue weighted by atomic mass is 16.3. The van der Waals surface area contributed by atoms with Gasteiger partial charge in [0.1, 0.15) is 0 Å². The Bertz CT molecular complexity index is 413. The Balaban J connectivity index is 2.28. The summed E-state index contributed by atoms with van der Waals surface area (Å²) in [6.45, 7) is 16.0. The molecule has 148 valence electrons. The monoisotopic (exact) mass is 352 g/mol.